The summed E-state index contributed by atoms with van der Waals surface area (Å²) in [5, 5.41) is 3.65. The van der Waals surface area contributed by atoms with E-state index in [1.807, 2.05) is 12.1 Å². The van der Waals surface area contributed by atoms with Gasteiger partial charge in [-0.1, -0.05) is 152 Å². The molecule has 0 unspecified atom stereocenters. The zero-order valence-electron chi connectivity index (χ0n) is 31.5. The van der Waals surface area contributed by atoms with E-state index in [0.717, 1.165) is 73.5 Å². The lowest BCUT2D eigenvalue weighted by Gasteiger charge is -2.37. The summed E-state index contributed by atoms with van der Waals surface area (Å²) in [4.78, 5) is 4.68. The monoisotopic (exact) mass is 722 g/mol. The number of hydrogen-bond donors (Lipinski definition) is 1. The summed E-state index contributed by atoms with van der Waals surface area (Å²) < 4.78 is 6.88. The first-order valence-electron chi connectivity index (χ1n) is 19.1. The van der Waals surface area contributed by atoms with Crippen molar-refractivity contribution < 1.29 is 4.74 Å². The minimum absolute atomic E-state index is 0.259. The van der Waals surface area contributed by atoms with E-state index in [4.69, 9.17) is 4.74 Å². The Bertz CT molecular complexity index is 2560. The van der Waals surface area contributed by atoms with Crippen molar-refractivity contribution in [2.45, 2.75) is 19.3 Å². The third-order valence-corrected chi connectivity index (χ3v) is 10.6. The van der Waals surface area contributed by atoms with Gasteiger partial charge in [0.05, 0.1) is 5.69 Å². The molecule has 269 valence electrons. The van der Waals surface area contributed by atoms with Gasteiger partial charge in [0.15, 0.2) is 13.0 Å². The molecule has 0 spiro atoms. The van der Waals surface area contributed by atoms with Gasteiger partial charge in [-0.2, -0.15) is 0 Å². The van der Waals surface area contributed by atoms with Crippen molar-refractivity contribution in [3.63, 3.8) is 0 Å². The standard InChI is InChI=1S/C51H41BN3O/c1-51(2)42-28-15-18-33-49(42)56-50-43(51)29-19-32-47(50)55(40-26-13-6-14-27-40)41-34-35-45(52-44-30-16-17-31-46(44)53-37-20-7-3-8-21-37)48(36-41)54(38-22-9-4-10-23-38)39-24-11-5-12-25-39/h3-36,53H,1-2H3. The van der Waals surface area contributed by atoms with Crippen LogP contribution in [0.3, 0.4) is 0 Å². The van der Waals surface area contributed by atoms with Crippen LogP contribution >= 0.6 is 0 Å². The van der Waals surface area contributed by atoms with E-state index in [2.05, 4.69) is 230 Å². The van der Waals surface area contributed by atoms with Gasteiger partial charge in [0.25, 0.3) is 0 Å². The number of rotatable bonds is 10. The number of fused-ring (bicyclic) bond motifs is 2. The zero-order valence-corrected chi connectivity index (χ0v) is 31.5. The van der Waals surface area contributed by atoms with Crippen LogP contribution in [0.5, 0.6) is 11.5 Å². The van der Waals surface area contributed by atoms with Crippen molar-refractivity contribution >= 4 is 63.7 Å². The molecule has 1 heterocycles. The molecule has 0 bridgehead atoms. The number of para-hydroxylation sites is 7. The summed E-state index contributed by atoms with van der Waals surface area (Å²) >= 11 is 0. The maximum Gasteiger partial charge on any atom is 0.197 e. The van der Waals surface area contributed by atoms with Gasteiger partial charge in [-0.25, -0.2) is 0 Å². The van der Waals surface area contributed by atoms with Gasteiger partial charge in [0, 0.05) is 56.4 Å². The molecule has 9 rings (SSSR count). The smallest absolute Gasteiger partial charge is 0.197 e. The molecule has 1 N–H and O–H groups in total. The number of nitrogens with one attached hydrogen (secondary N) is 1. The highest BCUT2D eigenvalue weighted by Gasteiger charge is 2.36. The highest BCUT2D eigenvalue weighted by atomic mass is 16.5. The maximum atomic E-state index is 6.88. The average molecular weight is 723 g/mol. The largest absolute Gasteiger partial charge is 0.455 e. The van der Waals surface area contributed by atoms with Gasteiger partial charge in [0.2, 0.25) is 0 Å². The molecule has 1 aliphatic rings. The molecule has 0 saturated heterocycles. The Labute approximate surface area is 330 Å². The molecule has 8 aromatic carbocycles. The number of nitrogens with zero attached hydrogens (tertiary/aromatic N) is 2. The van der Waals surface area contributed by atoms with Crippen molar-refractivity contribution in [1.82, 2.24) is 0 Å². The second-order valence-electron chi connectivity index (χ2n) is 14.5. The predicted octanol–water partition coefficient (Wildman–Crippen LogP) is 12.5. The van der Waals surface area contributed by atoms with Crippen LogP contribution in [0, 0.1) is 0 Å². The van der Waals surface area contributed by atoms with Crippen LogP contribution in [-0.2, 0) is 5.41 Å². The Morgan fingerprint density at radius 1 is 0.446 bits per heavy atom. The third kappa shape index (κ3) is 6.69. The SMILES string of the molecule is CC1(C)c2ccccc2Oc2c(N(c3ccccc3)c3ccc([B]c4ccccc4Nc4ccccc4)c(N(c4ccccc4)c4ccccc4)c3)cccc21. The zero-order chi connectivity index (χ0) is 37.9. The lowest BCUT2D eigenvalue weighted by Crippen LogP contribution is -2.33. The summed E-state index contributed by atoms with van der Waals surface area (Å²) in [5.41, 5.74) is 12.5. The molecule has 1 radical (unpaired) electrons. The molecule has 0 fully saturated rings. The van der Waals surface area contributed by atoms with E-state index in [9.17, 15) is 0 Å². The molecule has 5 heteroatoms. The van der Waals surface area contributed by atoms with Gasteiger partial charge in [-0.15, -0.1) is 0 Å². The molecular weight excluding hydrogens is 681 g/mol. The van der Waals surface area contributed by atoms with Gasteiger partial charge in [-0.05, 0) is 78.9 Å². The Kier molecular flexibility index (Phi) is 9.34. The van der Waals surface area contributed by atoms with E-state index in [1.54, 1.807) is 0 Å². The quantitative estimate of drug-likeness (QED) is 0.142. The summed E-state index contributed by atoms with van der Waals surface area (Å²) in [6.45, 7) is 4.57. The van der Waals surface area contributed by atoms with Gasteiger partial charge < -0.3 is 19.9 Å². The first-order valence-corrected chi connectivity index (χ1v) is 19.1. The van der Waals surface area contributed by atoms with Crippen molar-refractivity contribution in [2.24, 2.45) is 0 Å². The Morgan fingerprint density at radius 3 is 1.64 bits per heavy atom. The van der Waals surface area contributed by atoms with Crippen LogP contribution in [0.4, 0.5) is 45.5 Å². The molecule has 0 saturated carbocycles. The number of benzene rings is 8. The van der Waals surface area contributed by atoms with Crippen LogP contribution in [-0.4, -0.2) is 7.28 Å². The van der Waals surface area contributed by atoms with E-state index in [0.29, 0.717) is 0 Å². The Balaban J connectivity index is 1.25. The second-order valence-corrected chi connectivity index (χ2v) is 14.5. The maximum absolute atomic E-state index is 6.88. The molecule has 1 aliphatic heterocycles. The lowest BCUT2D eigenvalue weighted by molar-refractivity contribution is 0.419. The fourth-order valence-corrected chi connectivity index (χ4v) is 7.78. The first kappa shape index (κ1) is 34.8. The molecule has 0 amide bonds. The van der Waals surface area contributed by atoms with Gasteiger partial charge in [-0.3, -0.25) is 0 Å². The van der Waals surface area contributed by atoms with Crippen molar-refractivity contribution in [2.75, 3.05) is 15.1 Å². The van der Waals surface area contributed by atoms with Crippen LogP contribution < -0.4 is 30.8 Å². The number of ether oxygens (including phenoxy) is 1. The summed E-state index contributed by atoms with van der Waals surface area (Å²) in [6, 6.07) is 72.3. The predicted molar refractivity (Wildman–Crippen MR) is 236 cm³/mol. The summed E-state index contributed by atoms with van der Waals surface area (Å²) in [6.07, 6.45) is 0. The van der Waals surface area contributed by atoms with Crippen molar-refractivity contribution in [1.29, 1.82) is 0 Å². The summed E-state index contributed by atoms with van der Waals surface area (Å²) in [7, 11) is 2.28. The van der Waals surface area contributed by atoms with E-state index in [1.165, 1.54) is 5.56 Å². The number of hydrogen-bond acceptors (Lipinski definition) is 4. The van der Waals surface area contributed by atoms with Gasteiger partial charge in [0.1, 0.15) is 5.75 Å². The van der Waals surface area contributed by atoms with Gasteiger partial charge >= 0.3 is 0 Å². The fourth-order valence-electron chi connectivity index (χ4n) is 7.78. The van der Waals surface area contributed by atoms with Crippen LogP contribution in [0.2, 0.25) is 0 Å². The average Bonchev–Trinajstić information content (AvgIpc) is 3.24. The molecular formula is C51H41BN3O. The van der Waals surface area contributed by atoms with E-state index >= 15 is 0 Å². The van der Waals surface area contributed by atoms with E-state index < -0.39 is 0 Å². The Hall–Kier alpha value is -6.98. The summed E-state index contributed by atoms with van der Waals surface area (Å²) in [5.74, 6) is 1.75. The minimum atomic E-state index is -0.259. The number of anilines is 8. The highest BCUT2D eigenvalue weighted by Crippen LogP contribution is 2.53. The van der Waals surface area contributed by atoms with E-state index in [-0.39, 0.29) is 5.41 Å². The van der Waals surface area contributed by atoms with Crippen LogP contribution in [0.15, 0.2) is 206 Å². The first-order chi connectivity index (χ1) is 27.5. The highest BCUT2D eigenvalue weighted by molar-refractivity contribution is 6.70. The second kappa shape index (κ2) is 15.0. The lowest BCUT2D eigenvalue weighted by atomic mass is 9.62. The van der Waals surface area contributed by atoms with Crippen molar-refractivity contribution in [3.8, 4) is 11.5 Å². The molecule has 0 aromatic heterocycles. The van der Waals surface area contributed by atoms with Crippen LogP contribution in [0.25, 0.3) is 0 Å². The van der Waals surface area contributed by atoms with Crippen molar-refractivity contribution in [3.05, 3.63) is 217 Å². The molecule has 56 heavy (non-hydrogen) atoms. The molecule has 0 aliphatic carbocycles. The Morgan fingerprint density at radius 2 is 0.982 bits per heavy atom. The molecule has 4 nitrogen and oxygen atoms in total. The fraction of sp³-hybridized carbons (Fsp3) is 0.0588. The third-order valence-electron chi connectivity index (χ3n) is 10.6. The molecule has 0 atom stereocenters. The normalized spacial score (nSPS) is 12.4. The minimum Gasteiger partial charge on any atom is -0.455 e. The molecule has 8 aromatic rings. The van der Waals surface area contributed by atoms with Crippen LogP contribution in [0.1, 0.15) is 25.0 Å². The topological polar surface area (TPSA) is 27.7 Å².